The van der Waals surface area contributed by atoms with E-state index in [1.54, 1.807) is 12.4 Å². The number of hydrogen-bond donors (Lipinski definition) is 0. The minimum Gasteiger partial charge on any atom is -0.264 e. The number of pyridine rings is 2. The Balaban J connectivity index is 0.000000180. The molecule has 0 aliphatic rings. The van der Waals surface area contributed by atoms with Gasteiger partial charge in [0.1, 0.15) is 0 Å². The third-order valence-corrected chi connectivity index (χ3v) is 2.52. The molecule has 18 heavy (non-hydrogen) atoms. The van der Waals surface area contributed by atoms with E-state index in [2.05, 4.69) is 35.9 Å². The maximum Gasteiger partial charge on any atom is 0.0299 e. The summed E-state index contributed by atoms with van der Waals surface area (Å²) in [4.78, 5) is 8.01. The van der Waals surface area contributed by atoms with Gasteiger partial charge in [-0.2, -0.15) is 0 Å². The van der Waals surface area contributed by atoms with E-state index in [4.69, 9.17) is 0 Å². The van der Waals surface area contributed by atoms with Crippen molar-refractivity contribution < 1.29 is 0 Å². The molecule has 0 unspecified atom stereocenters. The van der Waals surface area contributed by atoms with E-state index in [9.17, 15) is 0 Å². The van der Waals surface area contributed by atoms with Crippen molar-refractivity contribution in [2.75, 3.05) is 0 Å². The van der Waals surface area contributed by atoms with Crippen LogP contribution in [0.2, 0.25) is 0 Å². The van der Waals surface area contributed by atoms with E-state index in [0.29, 0.717) is 0 Å². The van der Waals surface area contributed by atoms with Crippen molar-refractivity contribution in [3.8, 4) is 0 Å². The van der Waals surface area contributed by atoms with Gasteiger partial charge in [0.2, 0.25) is 0 Å². The Morgan fingerprint density at radius 3 is 1.50 bits per heavy atom. The Kier molecular flexibility index (Phi) is 7.45. The first-order valence-electron chi connectivity index (χ1n) is 6.64. The first-order chi connectivity index (χ1) is 8.86. The maximum atomic E-state index is 4.00. The number of aromatic nitrogens is 2. The van der Waals surface area contributed by atoms with Crippen molar-refractivity contribution in [1.29, 1.82) is 0 Å². The Morgan fingerprint density at radius 1 is 0.778 bits per heavy atom. The fraction of sp³-hybridized carbons (Fsp3) is 0.375. The molecule has 0 bridgehead atoms. The highest BCUT2D eigenvalue weighted by atomic mass is 14.6. The summed E-state index contributed by atoms with van der Waals surface area (Å²) in [6, 6.07) is 8.17. The van der Waals surface area contributed by atoms with Gasteiger partial charge in [-0.05, 0) is 36.1 Å². The summed E-state index contributed by atoms with van der Waals surface area (Å²) in [5, 5.41) is 0. The maximum absolute atomic E-state index is 4.00. The predicted octanol–water partition coefficient (Wildman–Crippen LogP) is 4.07. The molecule has 0 saturated carbocycles. The molecular formula is C16H22N2. The van der Waals surface area contributed by atoms with Gasteiger partial charge in [-0.15, -0.1) is 0 Å². The van der Waals surface area contributed by atoms with E-state index < -0.39 is 0 Å². The molecule has 0 fully saturated rings. The largest absolute Gasteiger partial charge is 0.264 e. The number of nitrogens with zero attached hydrogens (tertiary/aromatic N) is 2. The molecule has 2 heteroatoms. The van der Waals surface area contributed by atoms with Crippen LogP contribution in [0.15, 0.2) is 49.1 Å². The highest BCUT2D eigenvalue weighted by molar-refractivity contribution is 5.08. The van der Waals surface area contributed by atoms with Crippen LogP contribution in [0.1, 0.15) is 37.8 Å². The van der Waals surface area contributed by atoms with Gasteiger partial charge >= 0.3 is 0 Å². The molecule has 0 N–H and O–H groups in total. The second kappa shape index (κ2) is 9.34. The summed E-state index contributed by atoms with van der Waals surface area (Å²) in [5.74, 6) is 0. The number of rotatable bonds is 4. The minimum atomic E-state index is 1.15. The zero-order valence-electron chi connectivity index (χ0n) is 11.3. The lowest BCUT2D eigenvalue weighted by Gasteiger charge is -1.92. The summed E-state index contributed by atoms with van der Waals surface area (Å²) >= 11 is 0. The van der Waals surface area contributed by atoms with Crippen LogP contribution >= 0.6 is 0 Å². The standard InChI is InChI=1S/2C8H11N/c2*1-2-4-8-5-3-6-9-7-8/h2*3,5-7H,2,4H2,1H3. The van der Waals surface area contributed by atoms with Crippen molar-refractivity contribution in [3.63, 3.8) is 0 Å². The molecule has 2 heterocycles. The lowest BCUT2D eigenvalue weighted by molar-refractivity contribution is 0.914. The summed E-state index contributed by atoms with van der Waals surface area (Å²) in [6.45, 7) is 4.35. The van der Waals surface area contributed by atoms with Gasteiger partial charge in [0, 0.05) is 24.8 Å². The van der Waals surface area contributed by atoms with Gasteiger partial charge in [0.05, 0.1) is 0 Å². The SMILES string of the molecule is CCCc1cccnc1.CCCc1cccnc1. The van der Waals surface area contributed by atoms with Gasteiger partial charge in [-0.3, -0.25) is 9.97 Å². The fourth-order valence-electron chi connectivity index (χ4n) is 1.67. The average molecular weight is 242 g/mol. The molecule has 96 valence electrons. The Hall–Kier alpha value is -1.70. The average Bonchev–Trinajstić information content (AvgIpc) is 2.43. The summed E-state index contributed by atoms with van der Waals surface area (Å²) in [6.07, 6.45) is 12.1. The third kappa shape index (κ3) is 6.14. The fourth-order valence-corrected chi connectivity index (χ4v) is 1.67. The predicted molar refractivity (Wildman–Crippen MR) is 76.5 cm³/mol. The van der Waals surface area contributed by atoms with Crippen LogP contribution in [-0.2, 0) is 12.8 Å². The first kappa shape index (κ1) is 14.4. The summed E-state index contributed by atoms with van der Waals surface area (Å²) in [5.41, 5.74) is 2.67. The smallest absolute Gasteiger partial charge is 0.0299 e. The third-order valence-electron chi connectivity index (χ3n) is 2.52. The second-order valence-electron chi connectivity index (χ2n) is 4.22. The zero-order chi connectivity index (χ0) is 13.1. The molecule has 0 atom stereocenters. The van der Waals surface area contributed by atoms with Crippen LogP contribution in [0.5, 0.6) is 0 Å². The lowest BCUT2D eigenvalue weighted by Crippen LogP contribution is -1.81. The van der Waals surface area contributed by atoms with Crippen LogP contribution in [0.25, 0.3) is 0 Å². The molecule has 0 aliphatic heterocycles. The van der Waals surface area contributed by atoms with Crippen molar-refractivity contribution >= 4 is 0 Å². The topological polar surface area (TPSA) is 25.8 Å². The van der Waals surface area contributed by atoms with Crippen molar-refractivity contribution in [1.82, 2.24) is 9.97 Å². The van der Waals surface area contributed by atoms with Crippen LogP contribution in [-0.4, -0.2) is 9.97 Å². The van der Waals surface area contributed by atoms with Crippen LogP contribution in [0, 0.1) is 0 Å². The first-order valence-corrected chi connectivity index (χ1v) is 6.64. The second-order valence-corrected chi connectivity index (χ2v) is 4.22. The number of aryl methyl sites for hydroxylation is 2. The molecule has 0 saturated heterocycles. The Labute approximate surface area is 110 Å². The molecule has 2 aromatic heterocycles. The van der Waals surface area contributed by atoms with Crippen LogP contribution < -0.4 is 0 Å². The van der Waals surface area contributed by atoms with E-state index in [1.807, 2.05) is 24.5 Å². The molecule has 0 spiro atoms. The number of hydrogen-bond acceptors (Lipinski definition) is 2. The molecule has 0 aromatic carbocycles. The van der Waals surface area contributed by atoms with Gasteiger partial charge < -0.3 is 0 Å². The van der Waals surface area contributed by atoms with Gasteiger partial charge in [0.25, 0.3) is 0 Å². The highest BCUT2D eigenvalue weighted by Gasteiger charge is 1.86. The van der Waals surface area contributed by atoms with Crippen LogP contribution in [0.4, 0.5) is 0 Å². The molecular weight excluding hydrogens is 220 g/mol. The molecule has 0 amide bonds. The highest BCUT2D eigenvalue weighted by Crippen LogP contribution is 1.98. The molecule has 2 rings (SSSR count). The lowest BCUT2D eigenvalue weighted by atomic mass is 10.2. The summed E-state index contributed by atoms with van der Waals surface area (Å²) in [7, 11) is 0. The molecule has 0 radical (unpaired) electrons. The molecule has 0 aliphatic carbocycles. The van der Waals surface area contributed by atoms with E-state index in [-0.39, 0.29) is 0 Å². The Morgan fingerprint density at radius 2 is 1.22 bits per heavy atom. The zero-order valence-corrected chi connectivity index (χ0v) is 11.3. The monoisotopic (exact) mass is 242 g/mol. The molecule has 2 aromatic rings. The molecule has 2 nitrogen and oxygen atoms in total. The Bertz CT molecular complexity index is 356. The van der Waals surface area contributed by atoms with Gasteiger partial charge in [-0.1, -0.05) is 38.8 Å². The van der Waals surface area contributed by atoms with E-state index in [0.717, 1.165) is 12.8 Å². The van der Waals surface area contributed by atoms with Crippen LogP contribution in [0.3, 0.4) is 0 Å². The normalized spacial score (nSPS) is 9.44. The minimum absolute atomic E-state index is 1.15. The van der Waals surface area contributed by atoms with Crippen molar-refractivity contribution in [2.24, 2.45) is 0 Å². The van der Waals surface area contributed by atoms with Crippen molar-refractivity contribution in [3.05, 3.63) is 60.2 Å². The van der Waals surface area contributed by atoms with Gasteiger partial charge in [0.15, 0.2) is 0 Å². The van der Waals surface area contributed by atoms with E-state index in [1.165, 1.54) is 24.0 Å². The quantitative estimate of drug-likeness (QED) is 0.807. The van der Waals surface area contributed by atoms with E-state index >= 15 is 0 Å². The van der Waals surface area contributed by atoms with Gasteiger partial charge in [-0.25, -0.2) is 0 Å². The summed E-state index contributed by atoms with van der Waals surface area (Å²) < 4.78 is 0. The van der Waals surface area contributed by atoms with Crippen molar-refractivity contribution in [2.45, 2.75) is 39.5 Å².